The smallest absolute Gasteiger partial charge is 0.278 e. The number of rotatable bonds is 5. The van der Waals surface area contributed by atoms with Gasteiger partial charge in [-0.2, -0.15) is 0 Å². The fraction of sp³-hybridized carbons (Fsp3) is 0.500. The number of carbonyl (C=O) groups excluding carboxylic acids is 1. The number of anilines is 2. The monoisotopic (exact) mass is 446 g/mol. The Hall–Kier alpha value is -1.54. The summed E-state index contributed by atoms with van der Waals surface area (Å²) in [4.78, 5) is 12.8. The summed E-state index contributed by atoms with van der Waals surface area (Å²) in [7, 11) is 0. The molecule has 0 unspecified atom stereocenters. The van der Waals surface area contributed by atoms with E-state index in [2.05, 4.69) is 26.3 Å². The summed E-state index contributed by atoms with van der Waals surface area (Å²) in [6, 6.07) is 6.25. The average Bonchev–Trinajstić information content (AvgIpc) is 3.37. The topological polar surface area (TPSA) is 83.9 Å². The molecule has 2 aromatic rings. The maximum atomic E-state index is 12.8. The van der Waals surface area contributed by atoms with Crippen molar-refractivity contribution in [2.24, 2.45) is 0 Å². The van der Waals surface area contributed by atoms with Crippen LogP contribution in [-0.4, -0.2) is 40.0 Å². The zero-order valence-electron chi connectivity index (χ0n) is 15.6. The number of benzene rings is 1. The van der Waals surface area contributed by atoms with Crippen LogP contribution in [0.25, 0.3) is 0 Å². The van der Waals surface area contributed by atoms with Crippen molar-refractivity contribution in [2.75, 3.05) is 23.7 Å². The zero-order chi connectivity index (χ0) is 18.1. The van der Waals surface area contributed by atoms with Crippen molar-refractivity contribution in [2.45, 2.75) is 44.7 Å². The van der Waals surface area contributed by atoms with E-state index in [-0.39, 0.29) is 30.7 Å². The molecule has 1 aromatic heterocycles. The van der Waals surface area contributed by atoms with Crippen LogP contribution >= 0.6 is 36.4 Å². The maximum absolute atomic E-state index is 12.8. The molecule has 1 amide bonds. The number of carbonyl (C=O) groups is 1. The molecule has 1 saturated heterocycles. The molecular formula is C18H25Cl3N6O. The van der Waals surface area contributed by atoms with E-state index < -0.39 is 0 Å². The summed E-state index contributed by atoms with van der Waals surface area (Å²) < 4.78 is 1.89. The molecule has 2 aliphatic rings. The van der Waals surface area contributed by atoms with E-state index in [4.69, 9.17) is 11.6 Å². The van der Waals surface area contributed by atoms with Crippen LogP contribution in [0.5, 0.6) is 0 Å². The molecule has 7 nitrogen and oxygen atoms in total. The molecule has 2 heterocycles. The number of halogens is 3. The normalized spacial score (nSPS) is 16.6. The van der Waals surface area contributed by atoms with E-state index in [1.54, 1.807) is 6.07 Å². The number of aromatic nitrogens is 3. The van der Waals surface area contributed by atoms with Crippen LogP contribution in [0.15, 0.2) is 18.2 Å². The van der Waals surface area contributed by atoms with Gasteiger partial charge >= 0.3 is 0 Å². The fourth-order valence-electron chi connectivity index (χ4n) is 3.32. The molecule has 1 saturated carbocycles. The van der Waals surface area contributed by atoms with Crippen molar-refractivity contribution in [3.05, 3.63) is 34.6 Å². The van der Waals surface area contributed by atoms with Crippen molar-refractivity contribution in [3.8, 4) is 0 Å². The van der Waals surface area contributed by atoms with Crippen LogP contribution in [0.1, 0.15) is 47.9 Å². The Morgan fingerprint density at radius 2 is 1.89 bits per heavy atom. The zero-order valence-corrected chi connectivity index (χ0v) is 18.0. The van der Waals surface area contributed by atoms with E-state index in [0.29, 0.717) is 28.5 Å². The van der Waals surface area contributed by atoms with Crippen molar-refractivity contribution < 1.29 is 4.79 Å². The van der Waals surface area contributed by atoms with Crippen LogP contribution in [0.3, 0.4) is 0 Å². The lowest BCUT2D eigenvalue weighted by Crippen LogP contribution is -2.30. The van der Waals surface area contributed by atoms with E-state index in [9.17, 15) is 4.79 Å². The summed E-state index contributed by atoms with van der Waals surface area (Å²) in [6.07, 6.45) is 4.30. The van der Waals surface area contributed by atoms with Crippen LogP contribution in [0.4, 0.5) is 11.4 Å². The van der Waals surface area contributed by atoms with Crippen LogP contribution in [0.2, 0.25) is 5.02 Å². The van der Waals surface area contributed by atoms with Gasteiger partial charge in [-0.15, -0.1) is 29.9 Å². The van der Waals surface area contributed by atoms with E-state index >= 15 is 0 Å². The standard InChI is InChI=1S/C18H23ClN6O.2ClH/c1-11-17(23-24-25(11)14-6-8-20-9-7-14)18(26)22-16-10-12(19)2-5-15(16)21-13-3-4-13;;/h2,5,10,13-14,20-21H,3-4,6-9H2,1H3,(H,22,26);2*1H. The highest BCUT2D eigenvalue weighted by Crippen LogP contribution is 2.32. The molecule has 4 rings (SSSR count). The quantitative estimate of drug-likeness (QED) is 0.648. The lowest BCUT2D eigenvalue weighted by atomic mass is 10.1. The molecular weight excluding hydrogens is 423 g/mol. The maximum Gasteiger partial charge on any atom is 0.278 e. The number of nitrogens with one attached hydrogen (secondary N) is 3. The molecule has 0 radical (unpaired) electrons. The highest BCUT2D eigenvalue weighted by atomic mass is 35.5. The first kappa shape index (κ1) is 22.7. The van der Waals surface area contributed by atoms with Crippen molar-refractivity contribution in [3.63, 3.8) is 0 Å². The Bertz CT molecular complexity index is 818. The van der Waals surface area contributed by atoms with Crippen molar-refractivity contribution in [1.82, 2.24) is 20.3 Å². The molecule has 0 atom stereocenters. The molecule has 3 N–H and O–H groups in total. The third-order valence-corrected chi connectivity index (χ3v) is 5.20. The molecule has 0 spiro atoms. The number of amides is 1. The second kappa shape index (κ2) is 9.78. The number of nitrogens with zero attached hydrogens (tertiary/aromatic N) is 3. The molecule has 10 heteroatoms. The summed E-state index contributed by atoms with van der Waals surface area (Å²) in [5.41, 5.74) is 2.72. The highest BCUT2D eigenvalue weighted by Gasteiger charge is 2.25. The van der Waals surface area contributed by atoms with Gasteiger partial charge in [0.15, 0.2) is 5.69 Å². The minimum atomic E-state index is -0.260. The van der Waals surface area contributed by atoms with Gasteiger partial charge in [-0.05, 0) is 63.9 Å². The van der Waals surface area contributed by atoms with Gasteiger partial charge in [0, 0.05) is 11.1 Å². The van der Waals surface area contributed by atoms with Gasteiger partial charge in [-0.1, -0.05) is 16.8 Å². The molecule has 1 aliphatic carbocycles. The number of hydrogen-bond acceptors (Lipinski definition) is 5. The van der Waals surface area contributed by atoms with E-state index in [0.717, 1.165) is 50.2 Å². The van der Waals surface area contributed by atoms with Gasteiger partial charge in [0.05, 0.1) is 23.1 Å². The van der Waals surface area contributed by atoms with Crippen LogP contribution in [-0.2, 0) is 0 Å². The minimum absolute atomic E-state index is 0. The van der Waals surface area contributed by atoms with Gasteiger partial charge in [0.2, 0.25) is 0 Å². The SMILES string of the molecule is Cc1c(C(=O)Nc2cc(Cl)ccc2NC2CC2)nnn1C1CCNCC1.Cl.Cl. The second-order valence-corrected chi connectivity index (χ2v) is 7.45. The molecule has 0 bridgehead atoms. The molecule has 28 heavy (non-hydrogen) atoms. The first-order chi connectivity index (χ1) is 12.6. The Balaban J connectivity index is 0.00000140. The third kappa shape index (κ3) is 5.08. The van der Waals surface area contributed by atoms with Gasteiger partial charge in [0.25, 0.3) is 5.91 Å². The lowest BCUT2D eigenvalue weighted by molar-refractivity contribution is 0.102. The average molecular weight is 448 g/mol. The van der Waals surface area contributed by atoms with Gasteiger partial charge in [0.1, 0.15) is 0 Å². The summed E-state index contributed by atoms with van der Waals surface area (Å²) in [5, 5.41) is 18.7. The van der Waals surface area contributed by atoms with Gasteiger partial charge < -0.3 is 16.0 Å². The lowest BCUT2D eigenvalue weighted by Gasteiger charge is -2.23. The minimum Gasteiger partial charge on any atom is -0.381 e. The van der Waals surface area contributed by atoms with Gasteiger partial charge in [-0.25, -0.2) is 4.68 Å². The summed E-state index contributed by atoms with van der Waals surface area (Å²) >= 11 is 6.12. The molecule has 2 fully saturated rings. The predicted molar refractivity (Wildman–Crippen MR) is 116 cm³/mol. The van der Waals surface area contributed by atoms with Crippen molar-refractivity contribution >= 4 is 53.7 Å². The van der Waals surface area contributed by atoms with Gasteiger partial charge in [-0.3, -0.25) is 4.79 Å². The fourth-order valence-corrected chi connectivity index (χ4v) is 3.50. The Morgan fingerprint density at radius 3 is 2.57 bits per heavy atom. The largest absolute Gasteiger partial charge is 0.381 e. The van der Waals surface area contributed by atoms with Crippen LogP contribution < -0.4 is 16.0 Å². The van der Waals surface area contributed by atoms with Crippen molar-refractivity contribution in [1.29, 1.82) is 0 Å². The highest BCUT2D eigenvalue weighted by molar-refractivity contribution is 6.31. The molecule has 154 valence electrons. The number of piperidine rings is 1. The number of hydrogen-bond donors (Lipinski definition) is 3. The van der Waals surface area contributed by atoms with E-state index in [1.807, 2.05) is 23.7 Å². The Morgan fingerprint density at radius 1 is 1.18 bits per heavy atom. The Kier molecular flexibility index (Phi) is 7.95. The van der Waals surface area contributed by atoms with Crippen LogP contribution in [0, 0.1) is 6.92 Å². The first-order valence-electron chi connectivity index (χ1n) is 9.12. The molecule has 1 aromatic carbocycles. The Labute approximate surface area is 181 Å². The third-order valence-electron chi connectivity index (χ3n) is 4.96. The first-order valence-corrected chi connectivity index (χ1v) is 9.49. The van der Waals surface area contributed by atoms with E-state index in [1.165, 1.54) is 0 Å². The summed E-state index contributed by atoms with van der Waals surface area (Å²) in [5.74, 6) is -0.260. The molecule has 1 aliphatic heterocycles. The second-order valence-electron chi connectivity index (χ2n) is 7.01. The summed E-state index contributed by atoms with van der Waals surface area (Å²) in [6.45, 7) is 3.83. The predicted octanol–water partition coefficient (Wildman–Crippen LogP) is 3.83.